The molecule has 0 aliphatic carbocycles. The molecule has 0 fully saturated rings. The zero-order valence-corrected chi connectivity index (χ0v) is 17.3. The molecule has 0 spiro atoms. The van der Waals surface area contributed by atoms with E-state index in [1.807, 2.05) is 32.0 Å². The summed E-state index contributed by atoms with van der Waals surface area (Å²) in [7, 11) is -1.90. The van der Waals surface area contributed by atoms with Crippen LogP contribution in [-0.4, -0.2) is 29.6 Å². The van der Waals surface area contributed by atoms with Crippen LogP contribution in [0.1, 0.15) is 17.5 Å². The molecule has 1 amide bonds. The standard InChI is InChI=1S/C21H22FN3O3S/c1-14-4-5-16(12-15(14)2)19-13-23-21(25(19)3)24-20(26)10-11-29(27,28)18-8-6-17(22)7-9-18/h4-9,12-13H,10-11H2,1-3H3,(H,23,24,26). The number of anilines is 1. The van der Waals surface area contributed by atoms with Gasteiger partial charge in [0.05, 0.1) is 22.5 Å². The Morgan fingerprint density at radius 3 is 2.45 bits per heavy atom. The number of rotatable bonds is 6. The fraction of sp³-hybridized carbons (Fsp3) is 0.238. The van der Waals surface area contributed by atoms with Gasteiger partial charge in [0.25, 0.3) is 0 Å². The minimum Gasteiger partial charge on any atom is -0.313 e. The maximum absolute atomic E-state index is 13.0. The molecular formula is C21H22FN3O3S. The summed E-state index contributed by atoms with van der Waals surface area (Å²) >= 11 is 0. The molecule has 3 rings (SSSR count). The molecule has 3 aromatic rings. The van der Waals surface area contributed by atoms with Crippen molar-refractivity contribution in [3.8, 4) is 11.3 Å². The zero-order chi connectivity index (χ0) is 21.2. The van der Waals surface area contributed by atoms with Gasteiger partial charge in [-0.25, -0.2) is 17.8 Å². The molecule has 8 heteroatoms. The first-order chi connectivity index (χ1) is 13.7. The Balaban J connectivity index is 1.67. The van der Waals surface area contributed by atoms with Gasteiger partial charge in [0.2, 0.25) is 11.9 Å². The summed E-state index contributed by atoms with van der Waals surface area (Å²) in [6, 6.07) is 10.6. The molecule has 2 aromatic carbocycles. The fourth-order valence-electron chi connectivity index (χ4n) is 2.87. The summed E-state index contributed by atoms with van der Waals surface area (Å²) in [5.74, 6) is -1.02. The molecule has 1 heterocycles. The SMILES string of the molecule is Cc1ccc(-c2cnc(NC(=O)CCS(=O)(=O)c3ccc(F)cc3)n2C)cc1C. The molecule has 0 aliphatic heterocycles. The number of nitrogens with zero attached hydrogens (tertiary/aromatic N) is 2. The number of sulfone groups is 1. The first kappa shape index (κ1) is 20.7. The molecule has 0 bridgehead atoms. The van der Waals surface area contributed by atoms with E-state index in [4.69, 9.17) is 0 Å². The third-order valence-electron chi connectivity index (χ3n) is 4.81. The van der Waals surface area contributed by atoms with Crippen LogP contribution in [0.2, 0.25) is 0 Å². The maximum Gasteiger partial charge on any atom is 0.227 e. The molecule has 1 N–H and O–H groups in total. The minimum absolute atomic E-state index is 0.0132. The Labute approximate surface area is 169 Å². The number of benzene rings is 2. The molecule has 0 aliphatic rings. The van der Waals surface area contributed by atoms with Crippen molar-refractivity contribution in [3.05, 3.63) is 65.6 Å². The van der Waals surface area contributed by atoms with Crippen LogP contribution < -0.4 is 5.32 Å². The highest BCUT2D eigenvalue weighted by Crippen LogP contribution is 2.24. The van der Waals surface area contributed by atoms with Gasteiger partial charge in [-0.1, -0.05) is 12.1 Å². The Kier molecular flexibility index (Phi) is 5.83. The van der Waals surface area contributed by atoms with Crippen molar-refractivity contribution >= 4 is 21.7 Å². The summed E-state index contributed by atoms with van der Waals surface area (Å²) in [6.07, 6.45) is 1.43. The second-order valence-corrected chi connectivity index (χ2v) is 9.01. The first-order valence-electron chi connectivity index (χ1n) is 9.05. The summed E-state index contributed by atoms with van der Waals surface area (Å²) in [5, 5.41) is 2.65. The van der Waals surface area contributed by atoms with Crippen LogP contribution in [0.5, 0.6) is 0 Å². The van der Waals surface area contributed by atoms with Gasteiger partial charge in [-0.15, -0.1) is 0 Å². The third kappa shape index (κ3) is 4.71. The number of carbonyl (C=O) groups excluding carboxylic acids is 1. The molecule has 6 nitrogen and oxygen atoms in total. The average Bonchev–Trinajstić information content (AvgIpc) is 3.03. The normalized spacial score (nSPS) is 11.4. The van der Waals surface area contributed by atoms with Gasteiger partial charge >= 0.3 is 0 Å². The second-order valence-electron chi connectivity index (χ2n) is 6.90. The van der Waals surface area contributed by atoms with Crippen molar-refractivity contribution < 1.29 is 17.6 Å². The predicted octanol–water partition coefficient (Wildman–Crippen LogP) is 3.65. The van der Waals surface area contributed by atoms with Crippen molar-refractivity contribution in [1.29, 1.82) is 0 Å². The van der Waals surface area contributed by atoms with Gasteiger partial charge in [-0.05, 0) is 55.3 Å². The summed E-state index contributed by atoms with van der Waals surface area (Å²) < 4.78 is 39.3. The van der Waals surface area contributed by atoms with Crippen LogP contribution >= 0.6 is 0 Å². The van der Waals surface area contributed by atoms with E-state index in [-0.39, 0.29) is 17.1 Å². The minimum atomic E-state index is -3.68. The van der Waals surface area contributed by atoms with Gasteiger partial charge < -0.3 is 4.57 Å². The Morgan fingerprint density at radius 1 is 1.10 bits per heavy atom. The summed E-state index contributed by atoms with van der Waals surface area (Å²) in [5.41, 5.74) is 4.15. The van der Waals surface area contributed by atoms with Gasteiger partial charge in [0.1, 0.15) is 5.82 Å². The third-order valence-corrected chi connectivity index (χ3v) is 6.54. The summed E-state index contributed by atoms with van der Waals surface area (Å²) in [6.45, 7) is 4.06. The molecular weight excluding hydrogens is 393 g/mol. The Morgan fingerprint density at radius 2 is 1.79 bits per heavy atom. The molecule has 0 unspecified atom stereocenters. The van der Waals surface area contributed by atoms with Gasteiger partial charge in [0.15, 0.2) is 9.84 Å². The Hall–Kier alpha value is -3.00. The lowest BCUT2D eigenvalue weighted by Gasteiger charge is -2.09. The smallest absolute Gasteiger partial charge is 0.227 e. The number of aromatic nitrogens is 2. The average molecular weight is 415 g/mol. The number of amides is 1. The predicted molar refractivity (Wildman–Crippen MR) is 110 cm³/mol. The lowest BCUT2D eigenvalue weighted by atomic mass is 10.0. The number of carbonyl (C=O) groups is 1. The van der Waals surface area contributed by atoms with Crippen LogP contribution in [0.15, 0.2) is 53.6 Å². The molecule has 152 valence electrons. The van der Waals surface area contributed by atoms with E-state index < -0.39 is 21.6 Å². The van der Waals surface area contributed by atoms with Gasteiger partial charge in [-0.3, -0.25) is 10.1 Å². The summed E-state index contributed by atoms with van der Waals surface area (Å²) in [4.78, 5) is 16.5. The highest BCUT2D eigenvalue weighted by molar-refractivity contribution is 7.91. The quantitative estimate of drug-likeness (QED) is 0.623. The van der Waals surface area contributed by atoms with E-state index in [0.29, 0.717) is 5.95 Å². The van der Waals surface area contributed by atoms with Gasteiger partial charge in [0, 0.05) is 19.0 Å². The van der Waals surface area contributed by atoms with E-state index in [1.54, 1.807) is 17.8 Å². The van der Waals surface area contributed by atoms with E-state index in [9.17, 15) is 17.6 Å². The van der Waals surface area contributed by atoms with E-state index in [0.717, 1.165) is 29.0 Å². The highest BCUT2D eigenvalue weighted by Gasteiger charge is 2.18. The van der Waals surface area contributed by atoms with Crippen molar-refractivity contribution in [3.63, 3.8) is 0 Å². The number of halogens is 1. The highest BCUT2D eigenvalue weighted by atomic mass is 32.2. The van der Waals surface area contributed by atoms with Crippen LogP contribution in [0.3, 0.4) is 0 Å². The van der Waals surface area contributed by atoms with E-state index >= 15 is 0 Å². The van der Waals surface area contributed by atoms with Crippen molar-refractivity contribution in [2.45, 2.75) is 25.2 Å². The number of aryl methyl sites for hydroxylation is 2. The van der Waals surface area contributed by atoms with Crippen LogP contribution in [0.25, 0.3) is 11.3 Å². The molecule has 0 atom stereocenters. The largest absolute Gasteiger partial charge is 0.313 e. The molecule has 29 heavy (non-hydrogen) atoms. The van der Waals surface area contributed by atoms with Crippen LogP contribution in [0.4, 0.5) is 10.3 Å². The Bertz CT molecular complexity index is 1150. The zero-order valence-electron chi connectivity index (χ0n) is 16.4. The second kappa shape index (κ2) is 8.16. The fourth-order valence-corrected chi connectivity index (χ4v) is 4.11. The molecule has 1 aromatic heterocycles. The molecule has 0 radical (unpaired) electrons. The maximum atomic E-state index is 13.0. The van der Waals surface area contributed by atoms with E-state index in [2.05, 4.69) is 10.3 Å². The number of hydrogen-bond acceptors (Lipinski definition) is 4. The number of imidazole rings is 1. The molecule has 0 saturated heterocycles. The van der Waals surface area contributed by atoms with Crippen LogP contribution in [0, 0.1) is 19.7 Å². The van der Waals surface area contributed by atoms with Gasteiger partial charge in [-0.2, -0.15) is 0 Å². The first-order valence-corrected chi connectivity index (χ1v) is 10.7. The van der Waals surface area contributed by atoms with E-state index in [1.165, 1.54) is 17.7 Å². The topological polar surface area (TPSA) is 81.1 Å². The lowest BCUT2D eigenvalue weighted by molar-refractivity contribution is -0.115. The molecule has 0 saturated carbocycles. The number of hydrogen-bond donors (Lipinski definition) is 1. The monoisotopic (exact) mass is 415 g/mol. The van der Waals surface area contributed by atoms with Crippen molar-refractivity contribution in [2.24, 2.45) is 7.05 Å². The van der Waals surface area contributed by atoms with Crippen molar-refractivity contribution in [2.75, 3.05) is 11.1 Å². The number of nitrogens with one attached hydrogen (secondary N) is 1. The van der Waals surface area contributed by atoms with Crippen LogP contribution in [-0.2, 0) is 21.7 Å². The lowest BCUT2D eigenvalue weighted by Crippen LogP contribution is -2.19. The van der Waals surface area contributed by atoms with Crippen molar-refractivity contribution in [1.82, 2.24) is 9.55 Å².